The molecule has 2 unspecified atom stereocenters. The molecular formula is C10H22N2OS. The summed E-state index contributed by atoms with van der Waals surface area (Å²) in [5, 5.41) is 3.40. The summed E-state index contributed by atoms with van der Waals surface area (Å²) < 4.78 is 11.3. The minimum absolute atomic E-state index is 0.608. The molecule has 0 aromatic heterocycles. The third-order valence-electron chi connectivity index (χ3n) is 2.87. The summed E-state index contributed by atoms with van der Waals surface area (Å²) in [6.45, 7) is 8.50. The third kappa shape index (κ3) is 3.67. The lowest BCUT2D eigenvalue weighted by Gasteiger charge is -2.35. The second-order valence-corrected chi connectivity index (χ2v) is 5.60. The zero-order valence-electron chi connectivity index (χ0n) is 9.29. The second-order valence-electron chi connectivity index (χ2n) is 3.73. The van der Waals surface area contributed by atoms with Crippen molar-refractivity contribution in [1.82, 2.24) is 10.2 Å². The van der Waals surface area contributed by atoms with Gasteiger partial charge in [-0.3, -0.25) is 9.11 Å². The van der Waals surface area contributed by atoms with Gasteiger partial charge < -0.3 is 5.32 Å². The number of nitrogens with zero attached hydrogens (tertiary/aromatic N) is 1. The number of hydrogen-bond donors (Lipinski definition) is 1. The summed E-state index contributed by atoms with van der Waals surface area (Å²) in [7, 11) is -0.608. The third-order valence-corrected chi connectivity index (χ3v) is 4.15. The van der Waals surface area contributed by atoms with Crippen molar-refractivity contribution in [3.05, 3.63) is 0 Å². The van der Waals surface area contributed by atoms with Crippen LogP contribution in [-0.2, 0) is 10.8 Å². The molecule has 0 amide bonds. The van der Waals surface area contributed by atoms with Crippen molar-refractivity contribution < 1.29 is 4.21 Å². The van der Waals surface area contributed by atoms with Gasteiger partial charge >= 0.3 is 0 Å². The first kappa shape index (κ1) is 12.1. The molecule has 1 N–H and O–H groups in total. The van der Waals surface area contributed by atoms with Crippen molar-refractivity contribution >= 4 is 10.8 Å². The maximum absolute atomic E-state index is 11.3. The molecule has 4 heteroatoms. The lowest BCUT2D eigenvalue weighted by Crippen LogP contribution is -2.51. The van der Waals surface area contributed by atoms with Crippen molar-refractivity contribution in [2.45, 2.75) is 26.3 Å². The fraction of sp³-hybridized carbons (Fsp3) is 1.00. The average molecular weight is 218 g/mol. The molecular weight excluding hydrogens is 196 g/mol. The van der Waals surface area contributed by atoms with Gasteiger partial charge in [0.1, 0.15) is 0 Å². The number of hydrogen-bond acceptors (Lipinski definition) is 3. The lowest BCUT2D eigenvalue weighted by atomic mass is 10.1. The first-order valence-corrected chi connectivity index (χ1v) is 7.06. The van der Waals surface area contributed by atoms with Gasteiger partial charge in [-0.05, 0) is 6.42 Å². The minimum atomic E-state index is -0.608. The molecule has 1 heterocycles. The van der Waals surface area contributed by atoms with Gasteiger partial charge in [0, 0.05) is 54.5 Å². The number of nitrogens with one attached hydrogen (secondary N) is 1. The van der Waals surface area contributed by atoms with Crippen LogP contribution < -0.4 is 5.32 Å². The van der Waals surface area contributed by atoms with E-state index in [4.69, 9.17) is 0 Å². The van der Waals surface area contributed by atoms with E-state index in [2.05, 4.69) is 17.1 Å². The molecule has 0 aromatic rings. The Morgan fingerprint density at radius 2 is 2.29 bits per heavy atom. The Morgan fingerprint density at radius 1 is 1.50 bits per heavy atom. The van der Waals surface area contributed by atoms with E-state index in [-0.39, 0.29) is 0 Å². The number of piperazine rings is 1. The molecule has 2 atom stereocenters. The monoisotopic (exact) mass is 218 g/mol. The van der Waals surface area contributed by atoms with E-state index in [0.717, 1.165) is 37.7 Å². The Balaban J connectivity index is 2.29. The topological polar surface area (TPSA) is 32.3 Å². The molecule has 84 valence electrons. The van der Waals surface area contributed by atoms with Gasteiger partial charge in [0.25, 0.3) is 0 Å². The number of rotatable bonds is 5. The van der Waals surface area contributed by atoms with Crippen LogP contribution in [0, 0.1) is 0 Å². The Bertz CT molecular complexity index is 187. The molecule has 0 bridgehead atoms. The summed E-state index contributed by atoms with van der Waals surface area (Å²) in [6, 6.07) is 0.651. The molecule has 1 aliphatic rings. The van der Waals surface area contributed by atoms with Crippen LogP contribution >= 0.6 is 0 Å². The summed E-state index contributed by atoms with van der Waals surface area (Å²) in [5.41, 5.74) is 0. The Kier molecular flexibility index (Phi) is 5.67. The SMILES string of the molecule is CCC1CNCCN1CCS(=O)CC. The average Bonchev–Trinajstić information content (AvgIpc) is 2.26. The van der Waals surface area contributed by atoms with Crippen molar-refractivity contribution in [1.29, 1.82) is 0 Å². The van der Waals surface area contributed by atoms with Gasteiger partial charge in [-0.15, -0.1) is 0 Å². The van der Waals surface area contributed by atoms with E-state index in [1.807, 2.05) is 6.92 Å². The molecule has 1 rings (SSSR count). The molecule has 0 saturated carbocycles. The van der Waals surface area contributed by atoms with E-state index in [1.54, 1.807) is 0 Å². The Hall–Kier alpha value is 0.0700. The van der Waals surface area contributed by atoms with Crippen LogP contribution in [0.1, 0.15) is 20.3 Å². The van der Waals surface area contributed by atoms with Gasteiger partial charge in [0.15, 0.2) is 0 Å². The van der Waals surface area contributed by atoms with Crippen molar-refractivity contribution in [2.24, 2.45) is 0 Å². The van der Waals surface area contributed by atoms with Crippen LogP contribution in [0.5, 0.6) is 0 Å². The van der Waals surface area contributed by atoms with E-state index in [9.17, 15) is 4.21 Å². The standard InChI is InChI=1S/C10H22N2OS/c1-3-10-9-11-5-6-12(10)7-8-14(13)4-2/h10-11H,3-9H2,1-2H3. The van der Waals surface area contributed by atoms with Crippen LogP contribution in [-0.4, -0.2) is 52.8 Å². The van der Waals surface area contributed by atoms with Gasteiger partial charge in [-0.1, -0.05) is 13.8 Å². The van der Waals surface area contributed by atoms with Gasteiger partial charge in [0.2, 0.25) is 0 Å². The highest BCUT2D eigenvalue weighted by molar-refractivity contribution is 7.84. The second kappa shape index (κ2) is 6.53. The quantitative estimate of drug-likeness (QED) is 0.727. The van der Waals surface area contributed by atoms with E-state index < -0.39 is 10.8 Å². The molecule has 3 nitrogen and oxygen atoms in total. The van der Waals surface area contributed by atoms with Crippen LogP contribution in [0.25, 0.3) is 0 Å². The first-order valence-electron chi connectivity index (χ1n) is 5.57. The van der Waals surface area contributed by atoms with Crippen LogP contribution in [0.4, 0.5) is 0 Å². The summed E-state index contributed by atoms with van der Waals surface area (Å²) in [4.78, 5) is 2.48. The molecule has 0 aromatic carbocycles. The Labute approximate surface area is 89.7 Å². The Morgan fingerprint density at radius 3 is 2.93 bits per heavy atom. The molecule has 0 aliphatic carbocycles. The van der Waals surface area contributed by atoms with E-state index in [1.165, 1.54) is 6.42 Å². The molecule has 1 fully saturated rings. The highest BCUT2D eigenvalue weighted by Crippen LogP contribution is 2.06. The summed E-state index contributed by atoms with van der Waals surface area (Å²) in [5.74, 6) is 1.63. The molecule has 1 saturated heterocycles. The highest BCUT2D eigenvalue weighted by atomic mass is 32.2. The normalized spacial score (nSPS) is 26.3. The van der Waals surface area contributed by atoms with Crippen molar-refractivity contribution in [3.63, 3.8) is 0 Å². The van der Waals surface area contributed by atoms with Crippen molar-refractivity contribution in [3.8, 4) is 0 Å². The zero-order chi connectivity index (χ0) is 10.4. The molecule has 0 radical (unpaired) electrons. The molecule has 14 heavy (non-hydrogen) atoms. The minimum Gasteiger partial charge on any atom is -0.314 e. The van der Waals surface area contributed by atoms with Crippen molar-refractivity contribution in [2.75, 3.05) is 37.7 Å². The highest BCUT2D eigenvalue weighted by Gasteiger charge is 2.19. The fourth-order valence-corrected chi connectivity index (χ4v) is 2.59. The van der Waals surface area contributed by atoms with Gasteiger partial charge in [0.05, 0.1) is 0 Å². The molecule has 0 spiro atoms. The van der Waals surface area contributed by atoms with E-state index >= 15 is 0 Å². The largest absolute Gasteiger partial charge is 0.314 e. The summed E-state index contributed by atoms with van der Waals surface area (Å²) in [6.07, 6.45) is 1.19. The predicted molar refractivity (Wildman–Crippen MR) is 62.1 cm³/mol. The maximum atomic E-state index is 11.3. The lowest BCUT2D eigenvalue weighted by molar-refractivity contribution is 0.167. The molecule has 1 aliphatic heterocycles. The fourth-order valence-electron chi connectivity index (χ4n) is 1.86. The van der Waals surface area contributed by atoms with Crippen LogP contribution in [0.3, 0.4) is 0 Å². The summed E-state index contributed by atoms with van der Waals surface area (Å²) >= 11 is 0. The van der Waals surface area contributed by atoms with Crippen LogP contribution in [0.2, 0.25) is 0 Å². The first-order chi connectivity index (χ1) is 6.77. The smallest absolute Gasteiger partial charge is 0.0362 e. The van der Waals surface area contributed by atoms with Gasteiger partial charge in [-0.25, -0.2) is 0 Å². The van der Waals surface area contributed by atoms with Crippen LogP contribution in [0.15, 0.2) is 0 Å². The predicted octanol–water partition coefficient (Wildman–Crippen LogP) is 0.439. The maximum Gasteiger partial charge on any atom is 0.0362 e. The van der Waals surface area contributed by atoms with E-state index in [0.29, 0.717) is 6.04 Å². The van der Waals surface area contributed by atoms with Gasteiger partial charge in [-0.2, -0.15) is 0 Å². The zero-order valence-corrected chi connectivity index (χ0v) is 10.1.